The minimum atomic E-state index is -1.26. The van der Waals surface area contributed by atoms with Crippen molar-refractivity contribution in [3.8, 4) is 11.3 Å². The molecule has 0 aliphatic rings. The third kappa shape index (κ3) is 8.16. The van der Waals surface area contributed by atoms with Gasteiger partial charge < -0.3 is 20.4 Å². The second-order valence-electron chi connectivity index (χ2n) is 8.29. The maximum absolute atomic E-state index is 9.55. The van der Waals surface area contributed by atoms with Gasteiger partial charge in [-0.15, -0.1) is 0 Å². The van der Waals surface area contributed by atoms with Crippen molar-refractivity contribution in [2.75, 3.05) is 32.5 Å². The summed E-state index contributed by atoms with van der Waals surface area (Å²) in [6.45, 7) is 2.48. The number of hydrogen-bond acceptors (Lipinski definition) is 6. The summed E-state index contributed by atoms with van der Waals surface area (Å²) in [5, 5.41) is 25.7. The summed E-state index contributed by atoms with van der Waals surface area (Å²) in [7, 11) is 4.14. The van der Waals surface area contributed by atoms with Crippen molar-refractivity contribution in [1.82, 2.24) is 19.7 Å². The third-order valence-corrected chi connectivity index (χ3v) is 5.57. The number of fused-ring (bicyclic) bond motifs is 1. The normalized spacial score (nSPS) is 10.9. The first kappa shape index (κ1) is 27.4. The summed E-state index contributed by atoms with van der Waals surface area (Å²) in [4.78, 5) is 25.8. The minimum Gasteiger partial charge on any atom is -0.478 e. The van der Waals surface area contributed by atoms with Crippen LogP contribution in [0.1, 0.15) is 5.56 Å². The molecule has 0 fully saturated rings. The Hall–Kier alpha value is -4.21. The summed E-state index contributed by atoms with van der Waals surface area (Å²) in [5.74, 6) is -2.51. The van der Waals surface area contributed by atoms with Crippen LogP contribution >= 0.6 is 11.6 Å². The Morgan fingerprint density at radius 1 is 1.00 bits per heavy atom. The molecule has 2 heterocycles. The predicted molar refractivity (Wildman–Crippen MR) is 145 cm³/mol. The summed E-state index contributed by atoms with van der Waals surface area (Å²) in [6.07, 6.45) is 2.92. The second kappa shape index (κ2) is 13.2. The Labute approximate surface area is 219 Å². The molecule has 0 unspecified atom stereocenters. The maximum atomic E-state index is 9.55. The van der Waals surface area contributed by atoms with E-state index in [0.29, 0.717) is 18.7 Å². The number of anilines is 1. The first-order valence-electron chi connectivity index (χ1n) is 11.4. The Morgan fingerprint density at radius 2 is 1.68 bits per heavy atom. The SMILES string of the molecule is CN(C)CCNc1ccc(-c2nn(Cc3ccccc3Cl)c3ncccc23)cc1.O=C(O)/C=C/C(=O)O. The van der Waals surface area contributed by atoms with Gasteiger partial charge in [-0.25, -0.2) is 19.3 Å². The van der Waals surface area contributed by atoms with Crippen LogP contribution in [0.15, 0.2) is 79.0 Å². The van der Waals surface area contributed by atoms with E-state index in [0.717, 1.165) is 51.7 Å². The van der Waals surface area contributed by atoms with E-state index in [1.54, 1.807) is 6.20 Å². The number of benzene rings is 2. The molecule has 0 bridgehead atoms. The average molecular weight is 522 g/mol. The van der Waals surface area contributed by atoms with Crippen LogP contribution < -0.4 is 5.32 Å². The van der Waals surface area contributed by atoms with Gasteiger partial charge in [0.1, 0.15) is 5.69 Å². The maximum Gasteiger partial charge on any atom is 0.328 e. The van der Waals surface area contributed by atoms with Gasteiger partial charge in [0.15, 0.2) is 5.65 Å². The van der Waals surface area contributed by atoms with Gasteiger partial charge in [0.2, 0.25) is 0 Å². The highest BCUT2D eigenvalue weighted by Crippen LogP contribution is 2.29. The molecule has 9 nitrogen and oxygen atoms in total. The van der Waals surface area contributed by atoms with Crippen LogP contribution in [-0.2, 0) is 16.1 Å². The third-order valence-electron chi connectivity index (χ3n) is 5.20. The molecule has 0 spiro atoms. The van der Waals surface area contributed by atoms with E-state index in [4.69, 9.17) is 26.9 Å². The largest absolute Gasteiger partial charge is 0.478 e. The van der Waals surface area contributed by atoms with Gasteiger partial charge in [-0.05, 0) is 50.0 Å². The van der Waals surface area contributed by atoms with E-state index in [1.165, 1.54) is 0 Å². The second-order valence-corrected chi connectivity index (χ2v) is 8.70. The standard InChI is InChI=1S/C23H24ClN5.C4H4O4/c1-28(2)15-14-25-19-11-9-17(10-12-19)22-20-7-5-13-26-23(20)29(27-22)16-18-6-3-4-8-21(18)24;5-3(6)1-2-4(7)8/h3-13,25H,14-16H2,1-2H3;1-2H,(H,5,6)(H,7,8)/b;2-1+. The molecule has 0 atom stereocenters. The van der Waals surface area contributed by atoms with E-state index in [-0.39, 0.29) is 0 Å². The number of nitrogens with zero attached hydrogens (tertiary/aromatic N) is 4. The molecular formula is C27H28ClN5O4. The lowest BCUT2D eigenvalue weighted by atomic mass is 10.1. The van der Waals surface area contributed by atoms with Gasteiger partial charge in [0.05, 0.1) is 6.54 Å². The van der Waals surface area contributed by atoms with Crippen LogP contribution in [0.25, 0.3) is 22.3 Å². The molecule has 2 aromatic heterocycles. The minimum absolute atomic E-state index is 0.558. The number of pyridine rings is 1. The lowest BCUT2D eigenvalue weighted by Crippen LogP contribution is -2.20. The molecule has 0 aliphatic carbocycles. The first-order valence-corrected chi connectivity index (χ1v) is 11.8. The Bertz CT molecular complexity index is 1370. The highest BCUT2D eigenvalue weighted by molar-refractivity contribution is 6.31. The monoisotopic (exact) mass is 521 g/mol. The summed E-state index contributed by atoms with van der Waals surface area (Å²) in [5.41, 5.74) is 4.99. The van der Waals surface area contributed by atoms with Crippen molar-refractivity contribution < 1.29 is 19.8 Å². The van der Waals surface area contributed by atoms with E-state index in [1.807, 2.05) is 35.0 Å². The number of carboxylic acid groups (broad SMARTS) is 2. The van der Waals surface area contributed by atoms with Gasteiger partial charge in [0.25, 0.3) is 0 Å². The molecule has 4 aromatic rings. The number of aliphatic carboxylic acids is 2. The zero-order valence-electron chi connectivity index (χ0n) is 20.5. The Kier molecular flexibility index (Phi) is 9.76. The predicted octanol–water partition coefficient (Wildman–Crippen LogP) is 4.49. The molecule has 192 valence electrons. The van der Waals surface area contributed by atoms with Gasteiger partial charge in [-0.2, -0.15) is 5.10 Å². The number of likely N-dealkylation sites (N-methyl/N-ethyl adjacent to an activating group) is 1. The molecule has 0 aliphatic heterocycles. The summed E-state index contributed by atoms with van der Waals surface area (Å²) < 4.78 is 1.93. The van der Waals surface area contributed by atoms with Gasteiger partial charge >= 0.3 is 11.9 Å². The highest BCUT2D eigenvalue weighted by atomic mass is 35.5. The number of nitrogens with one attached hydrogen (secondary N) is 1. The Balaban J connectivity index is 0.000000414. The van der Waals surface area contributed by atoms with Crippen molar-refractivity contribution in [2.24, 2.45) is 0 Å². The van der Waals surface area contributed by atoms with E-state index in [2.05, 4.69) is 59.6 Å². The Morgan fingerprint density at radius 3 is 2.30 bits per heavy atom. The lowest BCUT2D eigenvalue weighted by Gasteiger charge is -2.11. The highest BCUT2D eigenvalue weighted by Gasteiger charge is 2.14. The molecule has 3 N–H and O–H groups in total. The van der Waals surface area contributed by atoms with Crippen LogP contribution in [-0.4, -0.2) is 69.0 Å². The average Bonchev–Trinajstić information content (AvgIpc) is 3.23. The fourth-order valence-corrected chi connectivity index (χ4v) is 3.63. The van der Waals surface area contributed by atoms with Crippen molar-refractivity contribution in [1.29, 1.82) is 0 Å². The van der Waals surface area contributed by atoms with Crippen LogP contribution in [0, 0.1) is 0 Å². The van der Waals surface area contributed by atoms with Crippen molar-refractivity contribution in [3.05, 3.63) is 89.6 Å². The van der Waals surface area contributed by atoms with Gasteiger partial charge in [0, 0.05) is 53.1 Å². The van der Waals surface area contributed by atoms with Crippen LogP contribution in [0.5, 0.6) is 0 Å². The van der Waals surface area contributed by atoms with Gasteiger partial charge in [-0.3, -0.25) is 0 Å². The molecule has 10 heteroatoms. The fourth-order valence-electron chi connectivity index (χ4n) is 3.43. The summed E-state index contributed by atoms with van der Waals surface area (Å²) >= 11 is 6.36. The van der Waals surface area contributed by atoms with E-state index < -0.39 is 11.9 Å². The number of hydrogen-bond donors (Lipinski definition) is 3. The zero-order chi connectivity index (χ0) is 26.8. The van der Waals surface area contributed by atoms with Crippen molar-refractivity contribution in [3.63, 3.8) is 0 Å². The molecule has 0 saturated heterocycles. The van der Waals surface area contributed by atoms with Crippen molar-refractivity contribution >= 4 is 40.3 Å². The first-order chi connectivity index (χ1) is 17.7. The van der Waals surface area contributed by atoms with Crippen LogP contribution in [0.3, 0.4) is 0 Å². The molecule has 37 heavy (non-hydrogen) atoms. The number of halogens is 1. The molecule has 0 amide bonds. The lowest BCUT2D eigenvalue weighted by molar-refractivity contribution is -0.134. The van der Waals surface area contributed by atoms with Gasteiger partial charge in [-0.1, -0.05) is 41.9 Å². The van der Waals surface area contributed by atoms with Crippen molar-refractivity contribution in [2.45, 2.75) is 6.54 Å². The molecular weight excluding hydrogens is 494 g/mol. The molecule has 4 rings (SSSR count). The van der Waals surface area contributed by atoms with E-state index in [9.17, 15) is 9.59 Å². The molecule has 2 aromatic carbocycles. The number of rotatable bonds is 9. The topological polar surface area (TPSA) is 121 Å². The number of carboxylic acids is 2. The summed E-state index contributed by atoms with van der Waals surface area (Å²) in [6, 6.07) is 20.3. The smallest absolute Gasteiger partial charge is 0.328 e. The zero-order valence-corrected chi connectivity index (χ0v) is 21.3. The molecule has 0 saturated carbocycles. The fraction of sp³-hybridized carbons (Fsp3) is 0.185. The number of aromatic nitrogens is 3. The van der Waals surface area contributed by atoms with Crippen LogP contribution in [0.2, 0.25) is 5.02 Å². The quantitative estimate of drug-likeness (QED) is 0.276. The number of carbonyl (C=O) groups is 2. The molecule has 0 radical (unpaired) electrons. The van der Waals surface area contributed by atoms with E-state index >= 15 is 0 Å². The van der Waals surface area contributed by atoms with Crippen LogP contribution in [0.4, 0.5) is 5.69 Å².